The Morgan fingerprint density at radius 2 is 1.31 bits per heavy atom. The van der Waals surface area contributed by atoms with E-state index in [9.17, 15) is 9.59 Å². The molecule has 0 spiro atoms. The predicted octanol–water partition coefficient (Wildman–Crippen LogP) is 7.46. The second-order valence-corrected chi connectivity index (χ2v) is 11.0. The second-order valence-electron chi connectivity index (χ2n) is 11.0. The zero-order valence-electron chi connectivity index (χ0n) is 23.5. The van der Waals surface area contributed by atoms with Crippen LogP contribution in [0.25, 0.3) is 11.1 Å². The molecule has 2 amide bonds. The van der Waals surface area contributed by atoms with Crippen LogP contribution in [0.4, 0.5) is 22.7 Å². The summed E-state index contributed by atoms with van der Waals surface area (Å²) in [6.45, 7) is 12.3. The number of fused-ring (bicyclic) bond motifs is 3. The molecule has 39 heavy (non-hydrogen) atoms. The van der Waals surface area contributed by atoms with Crippen molar-refractivity contribution in [3.63, 3.8) is 0 Å². The first kappa shape index (κ1) is 26.2. The van der Waals surface area contributed by atoms with Crippen molar-refractivity contribution in [2.24, 2.45) is 0 Å². The number of rotatable bonds is 6. The summed E-state index contributed by atoms with van der Waals surface area (Å²) in [5.41, 5.74) is 12.6. The Hall–Kier alpha value is -4.38. The third kappa shape index (κ3) is 5.05. The molecule has 4 aromatic carbocycles. The zero-order valence-corrected chi connectivity index (χ0v) is 23.5. The molecule has 0 aromatic heterocycles. The zero-order chi connectivity index (χ0) is 27.9. The Kier molecular flexibility index (Phi) is 6.77. The first-order valence-corrected chi connectivity index (χ1v) is 13.3. The van der Waals surface area contributed by atoms with Crippen LogP contribution < -0.4 is 15.5 Å². The minimum absolute atomic E-state index is 0.0391. The first-order chi connectivity index (χ1) is 18.5. The van der Waals surface area contributed by atoms with Gasteiger partial charge in [-0.25, -0.2) is 0 Å². The number of carbonyl (C=O) groups excluding carboxylic acids is 2. The van der Waals surface area contributed by atoms with Crippen molar-refractivity contribution in [1.29, 1.82) is 0 Å². The second kappa shape index (κ2) is 10.1. The van der Waals surface area contributed by atoms with E-state index in [0.717, 1.165) is 22.7 Å². The van der Waals surface area contributed by atoms with Crippen molar-refractivity contribution in [3.05, 3.63) is 107 Å². The Balaban J connectivity index is 1.53. The summed E-state index contributed by atoms with van der Waals surface area (Å²) < 4.78 is 0. The number of hydrogen-bond donors (Lipinski definition) is 2. The van der Waals surface area contributed by atoms with Crippen molar-refractivity contribution in [3.8, 4) is 11.1 Å². The van der Waals surface area contributed by atoms with Gasteiger partial charge in [0.1, 0.15) is 0 Å². The molecular formula is C34H35N3O2. The number of carbonyl (C=O) groups is 2. The summed E-state index contributed by atoms with van der Waals surface area (Å²) in [6.07, 6.45) is 0. The molecule has 0 fully saturated rings. The minimum Gasteiger partial charge on any atom is -0.376 e. The molecule has 5 rings (SSSR count). The van der Waals surface area contributed by atoms with Crippen molar-refractivity contribution in [1.82, 2.24) is 5.32 Å². The fourth-order valence-corrected chi connectivity index (χ4v) is 5.40. The van der Waals surface area contributed by atoms with E-state index in [1.54, 1.807) is 0 Å². The van der Waals surface area contributed by atoms with Gasteiger partial charge in [-0.05, 0) is 103 Å². The predicted molar refractivity (Wildman–Crippen MR) is 160 cm³/mol. The normalized spacial score (nSPS) is 12.9. The molecule has 198 valence electrons. The van der Waals surface area contributed by atoms with Crippen molar-refractivity contribution in [2.75, 3.05) is 16.8 Å². The molecule has 2 N–H and O–H groups in total. The number of imide groups is 1. The van der Waals surface area contributed by atoms with Crippen molar-refractivity contribution in [2.45, 2.75) is 47.0 Å². The van der Waals surface area contributed by atoms with Gasteiger partial charge in [0.15, 0.2) is 0 Å². The Bertz CT molecular complexity index is 1590. The molecule has 0 aliphatic heterocycles. The third-order valence-corrected chi connectivity index (χ3v) is 7.73. The summed E-state index contributed by atoms with van der Waals surface area (Å²) in [6, 6.07) is 28.3. The number of hydrogen-bond acceptors (Lipinski definition) is 4. The van der Waals surface area contributed by atoms with E-state index in [0.29, 0.717) is 0 Å². The van der Waals surface area contributed by atoms with E-state index in [4.69, 9.17) is 0 Å². The van der Waals surface area contributed by atoms with Crippen LogP contribution in [0.2, 0.25) is 0 Å². The third-order valence-electron chi connectivity index (χ3n) is 7.73. The van der Waals surface area contributed by atoms with Gasteiger partial charge >= 0.3 is 0 Å². The van der Waals surface area contributed by atoms with Crippen LogP contribution in [0, 0.1) is 20.8 Å². The van der Waals surface area contributed by atoms with Gasteiger partial charge in [-0.3, -0.25) is 14.9 Å². The average molecular weight is 518 g/mol. The highest BCUT2D eigenvalue weighted by Gasteiger charge is 2.36. The van der Waals surface area contributed by atoms with Crippen LogP contribution in [0.1, 0.15) is 48.6 Å². The lowest BCUT2D eigenvalue weighted by Gasteiger charge is -2.28. The van der Waals surface area contributed by atoms with Crippen molar-refractivity contribution < 1.29 is 9.59 Å². The smallest absolute Gasteiger partial charge is 0.245 e. The van der Waals surface area contributed by atoms with Gasteiger partial charge in [-0.2, -0.15) is 0 Å². The lowest BCUT2D eigenvalue weighted by molar-refractivity contribution is -0.128. The summed E-state index contributed by atoms with van der Waals surface area (Å²) >= 11 is 0. The number of benzene rings is 4. The fourth-order valence-electron chi connectivity index (χ4n) is 5.40. The van der Waals surface area contributed by atoms with Crippen LogP contribution in [-0.2, 0) is 15.0 Å². The molecular weight excluding hydrogens is 482 g/mol. The Labute approximate surface area is 230 Å². The molecule has 1 aliphatic rings. The SMILES string of the molecule is CC(=O)NC(=O)CNc1ccc2c(c1)C(C)(C)c1cc(N(c3ccc(C)cc3)c3ccc(C)c(C)c3)ccc1-2. The molecule has 0 radical (unpaired) electrons. The van der Waals surface area contributed by atoms with Crippen LogP contribution in [-0.4, -0.2) is 18.4 Å². The molecule has 0 atom stereocenters. The Morgan fingerprint density at radius 3 is 1.97 bits per heavy atom. The highest BCUT2D eigenvalue weighted by molar-refractivity contribution is 5.96. The van der Waals surface area contributed by atoms with Crippen LogP contribution in [0.3, 0.4) is 0 Å². The van der Waals surface area contributed by atoms with E-state index in [2.05, 4.69) is 123 Å². The molecule has 0 heterocycles. The van der Waals surface area contributed by atoms with E-state index in [-0.39, 0.29) is 23.8 Å². The molecule has 5 heteroatoms. The summed E-state index contributed by atoms with van der Waals surface area (Å²) in [7, 11) is 0. The van der Waals surface area contributed by atoms with E-state index < -0.39 is 0 Å². The average Bonchev–Trinajstić information content (AvgIpc) is 3.12. The standard InChI is InChI=1S/C34H35N3O2/c1-21-7-11-26(12-8-21)37(27-13-9-22(2)23(3)17-27)28-14-16-30-29-15-10-25(35-20-33(39)36-24(4)38)18-31(29)34(5,6)32(30)19-28/h7-19,35H,20H2,1-6H3,(H,36,38,39). The lowest BCUT2D eigenvalue weighted by atomic mass is 9.82. The van der Waals surface area contributed by atoms with Gasteiger partial charge < -0.3 is 10.2 Å². The highest BCUT2D eigenvalue weighted by atomic mass is 16.2. The van der Waals surface area contributed by atoms with Crippen LogP contribution in [0.5, 0.6) is 0 Å². The van der Waals surface area contributed by atoms with Gasteiger partial charge in [0, 0.05) is 35.1 Å². The van der Waals surface area contributed by atoms with Gasteiger partial charge in [-0.1, -0.05) is 49.7 Å². The number of amides is 2. The van der Waals surface area contributed by atoms with Crippen LogP contribution >= 0.6 is 0 Å². The summed E-state index contributed by atoms with van der Waals surface area (Å²) in [4.78, 5) is 25.5. The lowest BCUT2D eigenvalue weighted by Crippen LogP contribution is -2.33. The molecule has 4 aromatic rings. The van der Waals surface area contributed by atoms with Crippen LogP contribution in [0.15, 0.2) is 78.9 Å². The first-order valence-electron chi connectivity index (χ1n) is 13.3. The fraction of sp³-hybridized carbons (Fsp3) is 0.235. The van der Waals surface area contributed by atoms with Gasteiger partial charge in [0.25, 0.3) is 0 Å². The monoisotopic (exact) mass is 517 g/mol. The number of nitrogens with one attached hydrogen (secondary N) is 2. The topological polar surface area (TPSA) is 61.4 Å². The quantitative estimate of drug-likeness (QED) is 0.279. The number of aryl methyl sites for hydroxylation is 3. The highest BCUT2D eigenvalue weighted by Crippen LogP contribution is 2.51. The summed E-state index contributed by atoms with van der Waals surface area (Å²) in [5, 5.41) is 5.46. The maximum atomic E-state index is 12.0. The van der Waals surface area contributed by atoms with E-state index in [1.165, 1.54) is 45.9 Å². The van der Waals surface area contributed by atoms with Crippen molar-refractivity contribution >= 4 is 34.6 Å². The molecule has 1 aliphatic carbocycles. The minimum atomic E-state index is -0.358. The molecule has 0 unspecified atom stereocenters. The number of anilines is 4. The molecule has 0 saturated carbocycles. The maximum absolute atomic E-state index is 12.0. The molecule has 0 saturated heterocycles. The molecule has 5 nitrogen and oxygen atoms in total. The Morgan fingerprint density at radius 1 is 0.718 bits per heavy atom. The van der Waals surface area contributed by atoms with E-state index in [1.807, 2.05) is 6.07 Å². The van der Waals surface area contributed by atoms with Gasteiger partial charge in [-0.15, -0.1) is 0 Å². The van der Waals surface area contributed by atoms with Gasteiger partial charge in [0.05, 0.1) is 6.54 Å². The van der Waals surface area contributed by atoms with Gasteiger partial charge in [0.2, 0.25) is 11.8 Å². The maximum Gasteiger partial charge on any atom is 0.245 e. The molecule has 0 bridgehead atoms. The summed E-state index contributed by atoms with van der Waals surface area (Å²) in [5.74, 6) is -0.707. The largest absolute Gasteiger partial charge is 0.376 e. The van der Waals surface area contributed by atoms with E-state index >= 15 is 0 Å². The number of nitrogens with zero attached hydrogens (tertiary/aromatic N) is 1.